The van der Waals surface area contributed by atoms with Crippen LogP contribution in [0.5, 0.6) is 0 Å². The third-order valence-electron chi connectivity index (χ3n) is 2.47. The van der Waals surface area contributed by atoms with Gasteiger partial charge in [-0.05, 0) is 34.7 Å². The minimum absolute atomic E-state index is 0.210. The number of rotatable bonds is 0. The first-order valence-electron chi connectivity index (χ1n) is 4.69. The van der Waals surface area contributed by atoms with Crippen molar-refractivity contribution in [3.63, 3.8) is 0 Å². The summed E-state index contributed by atoms with van der Waals surface area (Å²) >= 11 is 1.17. The Balaban J connectivity index is 2.24. The van der Waals surface area contributed by atoms with Gasteiger partial charge in [0, 0.05) is 10.5 Å². The molecule has 0 amide bonds. The lowest BCUT2D eigenvalue weighted by Gasteiger charge is -2.15. The Kier molecular flexibility index (Phi) is 1.92. The van der Waals surface area contributed by atoms with E-state index in [0.29, 0.717) is 6.61 Å². The van der Waals surface area contributed by atoms with Gasteiger partial charge in [-0.25, -0.2) is 4.79 Å². The summed E-state index contributed by atoms with van der Waals surface area (Å²) in [6.07, 6.45) is 0. The Labute approximate surface area is 91.2 Å². The van der Waals surface area contributed by atoms with Gasteiger partial charge in [-0.2, -0.15) is 0 Å². The number of ether oxygens (including phenoxy) is 1. The molecule has 0 saturated heterocycles. The Hall–Kier alpha value is -1.48. The van der Waals surface area contributed by atoms with E-state index in [1.807, 2.05) is 12.1 Å². The number of carbonyl (C=O) groups is 1. The second-order valence-corrected chi connectivity index (χ2v) is 4.43. The fourth-order valence-electron chi connectivity index (χ4n) is 1.73. The van der Waals surface area contributed by atoms with Gasteiger partial charge in [0.2, 0.25) is 0 Å². The molecule has 3 heteroatoms. The average Bonchev–Trinajstić information content (AvgIpc) is 2.26. The lowest BCUT2D eigenvalue weighted by molar-refractivity contribution is 0.165. The number of hydrogen-bond acceptors (Lipinski definition) is 3. The summed E-state index contributed by atoms with van der Waals surface area (Å²) in [5.41, 5.74) is 1.10. The number of thioether (sulfide) groups is 1. The van der Waals surface area contributed by atoms with Gasteiger partial charge in [-0.3, -0.25) is 0 Å². The van der Waals surface area contributed by atoms with Crippen molar-refractivity contribution in [3.05, 3.63) is 42.0 Å². The molecule has 0 aromatic heterocycles. The molecule has 2 aromatic carbocycles. The van der Waals surface area contributed by atoms with Gasteiger partial charge in [0.25, 0.3) is 0 Å². The predicted octanol–water partition coefficient (Wildman–Crippen LogP) is 3.58. The van der Waals surface area contributed by atoms with Gasteiger partial charge in [-0.1, -0.05) is 24.3 Å². The summed E-state index contributed by atoms with van der Waals surface area (Å²) in [6, 6.07) is 12.3. The summed E-state index contributed by atoms with van der Waals surface area (Å²) < 4.78 is 4.98. The van der Waals surface area contributed by atoms with Gasteiger partial charge in [0.1, 0.15) is 6.61 Å². The van der Waals surface area contributed by atoms with Crippen molar-refractivity contribution in [1.29, 1.82) is 0 Å². The van der Waals surface area contributed by atoms with Crippen LogP contribution in [0.4, 0.5) is 4.79 Å². The van der Waals surface area contributed by atoms with E-state index >= 15 is 0 Å². The van der Waals surface area contributed by atoms with Gasteiger partial charge in [0.15, 0.2) is 0 Å². The lowest BCUT2D eigenvalue weighted by Crippen LogP contribution is -2.05. The number of carbonyl (C=O) groups excluding carboxylic acids is 1. The normalized spacial score (nSPS) is 14.8. The van der Waals surface area contributed by atoms with Crippen LogP contribution in [-0.4, -0.2) is 5.30 Å². The molecule has 1 aliphatic rings. The van der Waals surface area contributed by atoms with Crippen molar-refractivity contribution in [2.24, 2.45) is 0 Å². The summed E-state index contributed by atoms with van der Waals surface area (Å²) in [5.74, 6) is 0. The van der Waals surface area contributed by atoms with Gasteiger partial charge in [0.05, 0.1) is 0 Å². The Morgan fingerprint density at radius 3 is 2.67 bits per heavy atom. The number of benzene rings is 2. The highest BCUT2D eigenvalue weighted by molar-refractivity contribution is 8.13. The first kappa shape index (κ1) is 8.80. The molecule has 74 valence electrons. The molecule has 0 atom stereocenters. The summed E-state index contributed by atoms with van der Waals surface area (Å²) in [4.78, 5) is 12.1. The quantitative estimate of drug-likeness (QED) is 0.629. The van der Waals surface area contributed by atoms with E-state index in [1.165, 1.54) is 22.5 Å². The van der Waals surface area contributed by atoms with Crippen molar-refractivity contribution >= 4 is 27.8 Å². The van der Waals surface area contributed by atoms with Crippen LogP contribution in [0.3, 0.4) is 0 Å². The van der Waals surface area contributed by atoms with Crippen molar-refractivity contribution in [2.75, 3.05) is 0 Å². The minimum atomic E-state index is -0.210. The Bertz CT molecular complexity index is 548. The van der Waals surface area contributed by atoms with Crippen molar-refractivity contribution in [2.45, 2.75) is 11.5 Å². The highest BCUT2D eigenvalue weighted by Crippen LogP contribution is 2.33. The molecule has 0 N–H and O–H groups in total. The fourth-order valence-corrected chi connectivity index (χ4v) is 2.46. The van der Waals surface area contributed by atoms with Crippen LogP contribution in [-0.2, 0) is 11.3 Å². The molecule has 2 aromatic rings. The van der Waals surface area contributed by atoms with E-state index in [1.54, 1.807) is 0 Å². The monoisotopic (exact) mass is 216 g/mol. The van der Waals surface area contributed by atoms with Gasteiger partial charge >= 0.3 is 5.30 Å². The average molecular weight is 216 g/mol. The second kappa shape index (κ2) is 3.28. The van der Waals surface area contributed by atoms with E-state index in [9.17, 15) is 4.79 Å². The van der Waals surface area contributed by atoms with Crippen LogP contribution >= 0.6 is 11.8 Å². The topological polar surface area (TPSA) is 26.3 Å². The molecule has 1 heterocycles. The molecule has 3 rings (SSSR count). The summed E-state index contributed by atoms with van der Waals surface area (Å²) in [6.45, 7) is 0.395. The first-order valence-corrected chi connectivity index (χ1v) is 5.51. The molecular formula is C12H8O2S. The second-order valence-electron chi connectivity index (χ2n) is 3.45. The molecule has 15 heavy (non-hydrogen) atoms. The molecule has 1 aliphatic heterocycles. The zero-order valence-electron chi connectivity index (χ0n) is 7.90. The van der Waals surface area contributed by atoms with Crippen LogP contribution in [0.15, 0.2) is 41.3 Å². The van der Waals surface area contributed by atoms with Crippen molar-refractivity contribution in [3.8, 4) is 0 Å². The van der Waals surface area contributed by atoms with Gasteiger partial charge < -0.3 is 4.74 Å². The molecular weight excluding hydrogens is 208 g/mol. The number of hydrogen-bond donors (Lipinski definition) is 0. The standard InChI is InChI=1S/C12H8O2S/c13-12-14-7-10-5-8-3-1-2-4-9(8)6-11(10)15-12/h1-6H,7H2. The van der Waals surface area contributed by atoms with Crippen LogP contribution < -0.4 is 0 Å². The maximum atomic E-state index is 11.1. The predicted molar refractivity (Wildman–Crippen MR) is 60.0 cm³/mol. The fraction of sp³-hybridized carbons (Fsp3) is 0.0833. The SMILES string of the molecule is O=C1OCc2cc3ccccc3cc2S1. The molecule has 2 nitrogen and oxygen atoms in total. The summed E-state index contributed by atoms with van der Waals surface area (Å²) in [5, 5.41) is 2.14. The first-order chi connectivity index (χ1) is 7.33. The third-order valence-corrected chi connectivity index (χ3v) is 3.35. The Morgan fingerprint density at radius 1 is 1.13 bits per heavy atom. The molecule has 0 saturated carbocycles. The molecule has 0 fully saturated rings. The highest BCUT2D eigenvalue weighted by Gasteiger charge is 2.17. The zero-order valence-corrected chi connectivity index (χ0v) is 8.71. The molecule has 0 radical (unpaired) electrons. The largest absolute Gasteiger partial charge is 0.452 e. The maximum Gasteiger partial charge on any atom is 0.372 e. The van der Waals surface area contributed by atoms with E-state index in [2.05, 4.69) is 24.3 Å². The van der Waals surface area contributed by atoms with E-state index in [4.69, 9.17) is 4.74 Å². The molecule has 0 bridgehead atoms. The van der Waals surface area contributed by atoms with E-state index in [0.717, 1.165) is 10.5 Å². The van der Waals surface area contributed by atoms with E-state index < -0.39 is 0 Å². The highest BCUT2D eigenvalue weighted by atomic mass is 32.2. The Morgan fingerprint density at radius 2 is 1.87 bits per heavy atom. The maximum absolute atomic E-state index is 11.1. The van der Waals surface area contributed by atoms with Crippen molar-refractivity contribution in [1.82, 2.24) is 0 Å². The van der Waals surface area contributed by atoms with Crippen LogP contribution in [0.2, 0.25) is 0 Å². The molecule has 0 spiro atoms. The lowest BCUT2D eigenvalue weighted by atomic mass is 10.1. The zero-order chi connectivity index (χ0) is 10.3. The minimum Gasteiger partial charge on any atom is -0.452 e. The van der Waals surface area contributed by atoms with Crippen LogP contribution in [0.25, 0.3) is 10.8 Å². The third kappa shape index (κ3) is 1.49. The van der Waals surface area contributed by atoms with Crippen LogP contribution in [0, 0.1) is 0 Å². The van der Waals surface area contributed by atoms with Gasteiger partial charge in [-0.15, -0.1) is 0 Å². The van der Waals surface area contributed by atoms with Crippen molar-refractivity contribution < 1.29 is 9.53 Å². The smallest absolute Gasteiger partial charge is 0.372 e. The summed E-state index contributed by atoms with van der Waals surface area (Å²) in [7, 11) is 0. The molecule has 0 unspecified atom stereocenters. The number of cyclic esters (lactones) is 1. The molecule has 0 aliphatic carbocycles. The van der Waals surface area contributed by atoms with E-state index in [-0.39, 0.29) is 5.30 Å². The number of fused-ring (bicyclic) bond motifs is 2. The van der Waals surface area contributed by atoms with Crippen LogP contribution in [0.1, 0.15) is 5.56 Å².